The van der Waals surface area contributed by atoms with Gasteiger partial charge >= 0.3 is 0 Å². The van der Waals surface area contributed by atoms with Gasteiger partial charge in [0.2, 0.25) is 23.6 Å². The topological polar surface area (TPSA) is 257 Å². The van der Waals surface area contributed by atoms with Crippen molar-refractivity contribution < 1.29 is 47.7 Å². The van der Waals surface area contributed by atoms with Gasteiger partial charge in [0.25, 0.3) is 0 Å². The minimum absolute atomic E-state index is 0.00607. The largest absolute Gasteiger partial charge is 0.381 e. The van der Waals surface area contributed by atoms with Crippen LogP contribution in [0.2, 0.25) is 0 Å². The number of nitrogens with two attached hydrogens (primary N) is 3. The Morgan fingerprint density at radius 3 is 1.74 bits per heavy atom. The van der Waals surface area contributed by atoms with E-state index < -0.39 is 11.4 Å². The van der Waals surface area contributed by atoms with Gasteiger partial charge in [-0.3, -0.25) is 28.8 Å². The third-order valence-electron chi connectivity index (χ3n) is 9.61. The number of hydrogen-bond donors (Lipinski definition) is 6. The zero-order chi connectivity index (χ0) is 44.8. The van der Waals surface area contributed by atoms with Crippen LogP contribution in [0, 0.1) is 11.8 Å². The van der Waals surface area contributed by atoms with Crippen molar-refractivity contribution in [1.29, 1.82) is 0 Å². The molecular formula is C45H65N7O10. The first kappa shape index (κ1) is 51.3. The molecule has 0 unspecified atom stereocenters. The molecule has 2 aromatic carbocycles. The zero-order valence-corrected chi connectivity index (χ0v) is 35.9. The van der Waals surface area contributed by atoms with Gasteiger partial charge in [0, 0.05) is 95.3 Å². The van der Waals surface area contributed by atoms with Crippen LogP contribution in [0.1, 0.15) is 80.9 Å². The maximum atomic E-state index is 13.5. The number of carbonyl (C=O) groups is 6. The molecule has 1 aliphatic heterocycles. The number of ketones is 2. The molecule has 0 atom stereocenters. The van der Waals surface area contributed by atoms with Gasteiger partial charge < -0.3 is 57.0 Å². The molecule has 0 saturated heterocycles. The third kappa shape index (κ3) is 20.2. The Morgan fingerprint density at radius 1 is 0.565 bits per heavy atom. The Labute approximate surface area is 364 Å². The van der Waals surface area contributed by atoms with Gasteiger partial charge in [-0.1, -0.05) is 42.2 Å². The number of benzene rings is 2. The SMILES string of the molecule is NCCCC(=O)CCOCC(COCCC(=O)NCCN)(COCCC(=O)NCCN)NC(=O)CCOCCCC(=O)CCC(=O)N1Cc2ccccc2C#Cc2ccccc21. The minimum Gasteiger partial charge on any atom is -0.381 e. The van der Waals surface area contributed by atoms with E-state index in [-0.39, 0.29) is 127 Å². The lowest BCUT2D eigenvalue weighted by atomic mass is 10.0. The van der Waals surface area contributed by atoms with E-state index in [4.69, 9.17) is 36.1 Å². The summed E-state index contributed by atoms with van der Waals surface area (Å²) in [6, 6.07) is 15.2. The Balaban J connectivity index is 1.52. The molecule has 9 N–H and O–H groups in total. The highest BCUT2D eigenvalue weighted by molar-refractivity contribution is 5.97. The van der Waals surface area contributed by atoms with Crippen molar-refractivity contribution in [2.24, 2.45) is 17.2 Å². The van der Waals surface area contributed by atoms with Crippen LogP contribution in [0.3, 0.4) is 0 Å². The van der Waals surface area contributed by atoms with Gasteiger partial charge in [-0.25, -0.2) is 0 Å². The van der Waals surface area contributed by atoms with E-state index in [1.165, 1.54) is 0 Å². The minimum atomic E-state index is -1.26. The van der Waals surface area contributed by atoms with Crippen LogP contribution in [0.4, 0.5) is 5.69 Å². The molecule has 0 saturated carbocycles. The standard InChI is InChI=1S/C45H65N7O10/c46-21-5-10-39(54)17-27-60-32-45(33-61-29-18-41(55)49-24-22-47,34-62-30-19-42(56)50-25-23-48)51-43(57)20-28-59-26-6-11-38(53)15-16-44(58)52-31-37-9-2-1-7-35(37)13-14-36-8-3-4-12-40(36)52/h1-4,7-9,12H,5-6,10-11,15-34,46-48H2,(H,49,55)(H,50,56)(H,51,57). The van der Waals surface area contributed by atoms with Gasteiger partial charge in [-0.2, -0.15) is 0 Å². The van der Waals surface area contributed by atoms with E-state index in [9.17, 15) is 28.8 Å². The second-order valence-corrected chi connectivity index (χ2v) is 14.9. The molecule has 3 rings (SSSR count). The van der Waals surface area contributed by atoms with Crippen LogP contribution >= 0.6 is 0 Å². The van der Waals surface area contributed by atoms with Gasteiger partial charge in [0.05, 0.1) is 58.5 Å². The lowest BCUT2D eigenvalue weighted by molar-refractivity contribution is -0.131. The maximum Gasteiger partial charge on any atom is 0.227 e. The van der Waals surface area contributed by atoms with E-state index >= 15 is 0 Å². The number of para-hydroxylation sites is 1. The molecule has 340 valence electrons. The van der Waals surface area contributed by atoms with Crippen LogP contribution in [0.15, 0.2) is 48.5 Å². The Kier molecular flexibility index (Phi) is 24.9. The fourth-order valence-electron chi connectivity index (χ4n) is 6.29. The number of carbonyl (C=O) groups excluding carboxylic acids is 6. The predicted octanol–water partition coefficient (Wildman–Crippen LogP) is 1.00. The van der Waals surface area contributed by atoms with Gasteiger partial charge in [0.1, 0.15) is 17.1 Å². The van der Waals surface area contributed by atoms with E-state index in [0.29, 0.717) is 64.2 Å². The lowest BCUT2D eigenvalue weighted by Crippen LogP contribution is -2.59. The van der Waals surface area contributed by atoms with E-state index in [1.807, 2.05) is 48.5 Å². The molecule has 17 nitrogen and oxygen atoms in total. The first-order valence-corrected chi connectivity index (χ1v) is 21.4. The average molecular weight is 864 g/mol. The maximum absolute atomic E-state index is 13.5. The van der Waals surface area contributed by atoms with Gasteiger partial charge in [-0.05, 0) is 43.1 Å². The number of ether oxygens (including phenoxy) is 4. The second-order valence-electron chi connectivity index (χ2n) is 14.9. The highest BCUT2D eigenvalue weighted by atomic mass is 16.5. The zero-order valence-electron chi connectivity index (χ0n) is 35.9. The number of anilines is 1. The smallest absolute Gasteiger partial charge is 0.227 e. The summed E-state index contributed by atoms with van der Waals surface area (Å²) in [5.74, 6) is 5.24. The summed E-state index contributed by atoms with van der Waals surface area (Å²) in [7, 11) is 0. The molecule has 0 fully saturated rings. The number of nitrogens with zero attached hydrogens (tertiary/aromatic N) is 1. The average Bonchev–Trinajstić information content (AvgIpc) is 3.27. The van der Waals surface area contributed by atoms with Crippen LogP contribution in [0.25, 0.3) is 0 Å². The monoisotopic (exact) mass is 863 g/mol. The quantitative estimate of drug-likeness (QED) is 0.0433. The van der Waals surface area contributed by atoms with Crippen molar-refractivity contribution in [2.75, 3.05) is 90.5 Å². The number of hydrogen-bond acceptors (Lipinski definition) is 13. The highest BCUT2D eigenvalue weighted by Crippen LogP contribution is 2.26. The summed E-state index contributed by atoms with van der Waals surface area (Å²) in [5.41, 5.74) is 18.5. The van der Waals surface area contributed by atoms with Gasteiger partial charge in [-0.15, -0.1) is 0 Å². The molecular weight excluding hydrogens is 799 g/mol. The summed E-state index contributed by atoms with van der Waals surface area (Å²) in [6.07, 6.45) is 1.86. The summed E-state index contributed by atoms with van der Waals surface area (Å²) in [4.78, 5) is 77.9. The molecule has 4 amide bonds. The molecule has 0 radical (unpaired) electrons. The molecule has 0 spiro atoms. The fourth-order valence-corrected chi connectivity index (χ4v) is 6.29. The Bertz CT molecular complexity index is 1730. The lowest BCUT2D eigenvalue weighted by Gasteiger charge is -2.34. The van der Waals surface area contributed by atoms with E-state index in [0.717, 1.165) is 16.7 Å². The van der Waals surface area contributed by atoms with Crippen LogP contribution in [-0.4, -0.2) is 126 Å². The van der Waals surface area contributed by atoms with Crippen LogP contribution < -0.4 is 38.1 Å². The first-order valence-electron chi connectivity index (χ1n) is 21.4. The molecule has 2 aromatic rings. The van der Waals surface area contributed by atoms with Crippen LogP contribution in [-0.2, 0) is 54.3 Å². The second kappa shape index (κ2) is 30.1. The molecule has 1 aliphatic rings. The first-order chi connectivity index (χ1) is 30.1. The molecule has 62 heavy (non-hydrogen) atoms. The van der Waals surface area contributed by atoms with Crippen molar-refractivity contribution in [3.63, 3.8) is 0 Å². The predicted molar refractivity (Wildman–Crippen MR) is 234 cm³/mol. The summed E-state index contributed by atoms with van der Waals surface area (Å²) in [5, 5.41) is 8.30. The summed E-state index contributed by atoms with van der Waals surface area (Å²) in [6.45, 7) is 2.07. The van der Waals surface area contributed by atoms with Crippen molar-refractivity contribution in [3.8, 4) is 11.8 Å². The Hall–Kier alpha value is -5.06. The molecule has 0 aliphatic carbocycles. The van der Waals surface area contributed by atoms with Crippen LogP contribution in [0.5, 0.6) is 0 Å². The fraction of sp³-hybridized carbons (Fsp3) is 0.556. The normalized spacial score (nSPS) is 11.9. The number of fused-ring (bicyclic) bond motifs is 2. The molecule has 17 heteroatoms. The van der Waals surface area contributed by atoms with Gasteiger partial charge in [0.15, 0.2) is 0 Å². The van der Waals surface area contributed by atoms with Crippen molar-refractivity contribution >= 4 is 40.9 Å². The number of Topliss-reactive ketones (excluding diaryl/α,β-unsaturated/α-hetero) is 2. The molecule has 0 aromatic heterocycles. The number of nitrogens with one attached hydrogen (secondary N) is 3. The Morgan fingerprint density at radius 2 is 1.10 bits per heavy atom. The highest BCUT2D eigenvalue weighted by Gasteiger charge is 2.34. The van der Waals surface area contributed by atoms with E-state index in [1.54, 1.807) is 4.90 Å². The number of amides is 4. The van der Waals surface area contributed by atoms with Crippen molar-refractivity contribution in [1.82, 2.24) is 16.0 Å². The number of rotatable bonds is 33. The summed E-state index contributed by atoms with van der Waals surface area (Å²) < 4.78 is 23.3. The summed E-state index contributed by atoms with van der Waals surface area (Å²) >= 11 is 0. The van der Waals surface area contributed by atoms with Crippen molar-refractivity contribution in [2.45, 2.75) is 76.3 Å². The molecule has 1 heterocycles. The van der Waals surface area contributed by atoms with E-state index in [2.05, 4.69) is 27.8 Å². The molecule has 0 bridgehead atoms. The third-order valence-corrected chi connectivity index (χ3v) is 9.61. The van der Waals surface area contributed by atoms with Crippen molar-refractivity contribution in [3.05, 3.63) is 65.2 Å².